The fraction of sp³-hybridized carbons (Fsp3) is 0.412. The second-order valence-electron chi connectivity index (χ2n) is 6.41. The first-order valence-electron chi connectivity index (χ1n) is 7.63. The van der Waals surface area contributed by atoms with Crippen LogP contribution in [-0.2, 0) is 10.0 Å². The molecule has 2 saturated carbocycles. The van der Waals surface area contributed by atoms with Crippen molar-refractivity contribution in [1.29, 1.82) is 0 Å². The lowest BCUT2D eigenvalue weighted by molar-refractivity contribution is 0.390. The topological polar surface area (TPSA) is 46.2 Å². The largest absolute Gasteiger partial charge is 0.240 e. The lowest BCUT2D eigenvalue weighted by Gasteiger charge is -2.22. The van der Waals surface area contributed by atoms with Crippen molar-refractivity contribution >= 4 is 20.8 Å². The zero-order valence-corrected chi connectivity index (χ0v) is 12.6. The Kier molecular flexibility index (Phi) is 3.05. The van der Waals surface area contributed by atoms with E-state index in [0.717, 1.165) is 23.1 Å². The molecule has 4 rings (SSSR count). The third-order valence-electron chi connectivity index (χ3n) is 5.08. The van der Waals surface area contributed by atoms with Gasteiger partial charge in [0.1, 0.15) is 0 Å². The van der Waals surface area contributed by atoms with Gasteiger partial charge >= 0.3 is 0 Å². The highest BCUT2D eigenvalue weighted by Gasteiger charge is 2.41. The summed E-state index contributed by atoms with van der Waals surface area (Å²) in [4.78, 5) is 0.379. The van der Waals surface area contributed by atoms with Gasteiger partial charge in [0.15, 0.2) is 0 Å². The molecule has 2 aliphatic rings. The average Bonchev–Trinajstić information content (AvgIpc) is 3.09. The summed E-state index contributed by atoms with van der Waals surface area (Å²) in [7, 11) is -3.41. The molecule has 2 aromatic carbocycles. The maximum atomic E-state index is 12.6. The molecule has 0 aromatic heterocycles. The van der Waals surface area contributed by atoms with Crippen LogP contribution in [0.4, 0.5) is 0 Å². The molecule has 3 unspecified atom stereocenters. The Balaban J connectivity index is 1.63. The van der Waals surface area contributed by atoms with Crippen LogP contribution in [0.3, 0.4) is 0 Å². The summed E-state index contributed by atoms with van der Waals surface area (Å²) in [5.74, 6) is 1.28. The van der Waals surface area contributed by atoms with E-state index in [1.165, 1.54) is 19.3 Å². The lowest BCUT2D eigenvalue weighted by Crippen LogP contribution is -2.38. The Morgan fingerprint density at radius 3 is 2.48 bits per heavy atom. The van der Waals surface area contributed by atoms with Crippen molar-refractivity contribution in [2.45, 2.75) is 36.6 Å². The number of sulfonamides is 1. The molecule has 110 valence electrons. The SMILES string of the molecule is O=S(=O)(NC1CC2CCC1C2)c1ccc2ccccc2c1. The lowest BCUT2D eigenvalue weighted by atomic mass is 9.96. The van der Waals surface area contributed by atoms with Gasteiger partial charge in [-0.3, -0.25) is 0 Å². The number of nitrogens with one attached hydrogen (secondary N) is 1. The van der Waals surface area contributed by atoms with Gasteiger partial charge in [0.25, 0.3) is 0 Å². The van der Waals surface area contributed by atoms with Gasteiger partial charge in [0, 0.05) is 6.04 Å². The maximum Gasteiger partial charge on any atom is 0.240 e. The van der Waals surface area contributed by atoms with Crippen molar-refractivity contribution in [3.63, 3.8) is 0 Å². The summed E-state index contributed by atoms with van der Waals surface area (Å²) < 4.78 is 28.1. The van der Waals surface area contributed by atoms with Crippen molar-refractivity contribution in [2.24, 2.45) is 11.8 Å². The smallest absolute Gasteiger partial charge is 0.208 e. The molecule has 4 heteroatoms. The molecular weight excluding hydrogens is 282 g/mol. The zero-order valence-electron chi connectivity index (χ0n) is 11.8. The second kappa shape index (κ2) is 4.82. The fourth-order valence-electron chi connectivity index (χ4n) is 3.99. The molecule has 21 heavy (non-hydrogen) atoms. The van der Waals surface area contributed by atoms with E-state index in [-0.39, 0.29) is 6.04 Å². The summed E-state index contributed by atoms with van der Waals surface area (Å²) in [5.41, 5.74) is 0. The fourth-order valence-corrected chi connectivity index (χ4v) is 5.34. The maximum absolute atomic E-state index is 12.6. The predicted octanol–water partition coefficient (Wildman–Crippen LogP) is 3.31. The molecule has 0 radical (unpaired) electrons. The first kappa shape index (κ1) is 13.3. The average molecular weight is 301 g/mol. The van der Waals surface area contributed by atoms with Gasteiger partial charge in [-0.15, -0.1) is 0 Å². The molecule has 3 atom stereocenters. The van der Waals surface area contributed by atoms with E-state index in [9.17, 15) is 8.42 Å². The van der Waals surface area contributed by atoms with E-state index in [1.54, 1.807) is 12.1 Å². The van der Waals surface area contributed by atoms with E-state index in [1.807, 2.05) is 30.3 Å². The summed E-state index contributed by atoms with van der Waals surface area (Å²) >= 11 is 0. The van der Waals surface area contributed by atoms with Gasteiger partial charge in [0.2, 0.25) is 10.0 Å². The van der Waals surface area contributed by atoms with Crippen LogP contribution in [0.2, 0.25) is 0 Å². The minimum atomic E-state index is -3.41. The van der Waals surface area contributed by atoms with Crippen LogP contribution in [0.5, 0.6) is 0 Å². The minimum absolute atomic E-state index is 0.139. The van der Waals surface area contributed by atoms with Crippen molar-refractivity contribution < 1.29 is 8.42 Å². The van der Waals surface area contributed by atoms with Crippen molar-refractivity contribution in [3.8, 4) is 0 Å². The molecule has 0 heterocycles. The van der Waals surface area contributed by atoms with E-state index >= 15 is 0 Å². The Morgan fingerprint density at radius 2 is 1.76 bits per heavy atom. The molecular formula is C17H19NO2S. The number of hydrogen-bond donors (Lipinski definition) is 1. The van der Waals surface area contributed by atoms with Gasteiger partial charge in [-0.1, -0.05) is 36.8 Å². The normalized spacial score (nSPS) is 28.3. The van der Waals surface area contributed by atoms with Gasteiger partial charge < -0.3 is 0 Å². The van der Waals surface area contributed by atoms with Crippen LogP contribution in [0.1, 0.15) is 25.7 Å². The Hall–Kier alpha value is -1.39. The van der Waals surface area contributed by atoms with Crippen LogP contribution in [0.15, 0.2) is 47.4 Å². The number of hydrogen-bond acceptors (Lipinski definition) is 2. The molecule has 2 aromatic rings. The van der Waals surface area contributed by atoms with Gasteiger partial charge in [-0.2, -0.15) is 0 Å². The zero-order chi connectivity index (χ0) is 14.4. The van der Waals surface area contributed by atoms with Crippen molar-refractivity contribution in [2.75, 3.05) is 0 Å². The summed E-state index contributed by atoms with van der Waals surface area (Å²) in [5, 5.41) is 2.03. The summed E-state index contributed by atoms with van der Waals surface area (Å²) in [6.45, 7) is 0. The second-order valence-corrected chi connectivity index (χ2v) is 8.13. The van der Waals surface area contributed by atoms with Crippen LogP contribution < -0.4 is 4.72 Å². The Morgan fingerprint density at radius 1 is 0.952 bits per heavy atom. The number of rotatable bonds is 3. The molecule has 0 aliphatic heterocycles. The van der Waals surface area contributed by atoms with Crippen molar-refractivity contribution in [1.82, 2.24) is 4.72 Å². The third-order valence-corrected chi connectivity index (χ3v) is 6.56. The highest BCUT2D eigenvalue weighted by molar-refractivity contribution is 7.89. The van der Waals surface area contributed by atoms with E-state index in [0.29, 0.717) is 10.8 Å². The van der Waals surface area contributed by atoms with Crippen LogP contribution >= 0.6 is 0 Å². The van der Waals surface area contributed by atoms with Gasteiger partial charge in [0.05, 0.1) is 4.90 Å². The number of benzene rings is 2. The van der Waals surface area contributed by atoms with Crippen molar-refractivity contribution in [3.05, 3.63) is 42.5 Å². The molecule has 0 saturated heterocycles. The molecule has 1 N–H and O–H groups in total. The van der Waals surface area contributed by atoms with Crippen LogP contribution in [-0.4, -0.2) is 14.5 Å². The first-order valence-corrected chi connectivity index (χ1v) is 9.11. The molecule has 0 amide bonds. The molecule has 2 aliphatic carbocycles. The molecule has 2 fully saturated rings. The monoisotopic (exact) mass is 301 g/mol. The Labute approximate surface area is 125 Å². The summed E-state index contributed by atoms with van der Waals surface area (Å²) in [6.07, 6.45) is 4.66. The first-order chi connectivity index (χ1) is 10.1. The third kappa shape index (κ3) is 2.36. The standard InChI is InChI=1S/C17H19NO2S/c19-21(20,18-17-10-12-5-6-15(17)9-12)16-8-7-13-3-1-2-4-14(13)11-16/h1-4,7-8,11-12,15,17-18H,5-6,9-10H2. The Bertz CT molecular complexity index is 784. The highest BCUT2D eigenvalue weighted by Crippen LogP contribution is 2.44. The number of fused-ring (bicyclic) bond motifs is 3. The quantitative estimate of drug-likeness (QED) is 0.945. The molecule has 2 bridgehead atoms. The highest BCUT2D eigenvalue weighted by atomic mass is 32.2. The minimum Gasteiger partial charge on any atom is -0.208 e. The van der Waals surface area contributed by atoms with Crippen LogP contribution in [0.25, 0.3) is 10.8 Å². The van der Waals surface area contributed by atoms with Crippen LogP contribution in [0, 0.1) is 11.8 Å². The summed E-state index contributed by atoms with van der Waals surface area (Å²) in [6, 6.07) is 13.3. The van der Waals surface area contributed by atoms with Gasteiger partial charge in [-0.05, 0) is 54.0 Å². The van der Waals surface area contributed by atoms with E-state index in [2.05, 4.69) is 4.72 Å². The van der Waals surface area contributed by atoms with E-state index < -0.39 is 10.0 Å². The molecule has 0 spiro atoms. The predicted molar refractivity (Wildman–Crippen MR) is 83.5 cm³/mol. The van der Waals surface area contributed by atoms with E-state index in [4.69, 9.17) is 0 Å². The van der Waals surface area contributed by atoms with Gasteiger partial charge in [-0.25, -0.2) is 13.1 Å². The molecule has 3 nitrogen and oxygen atoms in total.